The van der Waals surface area contributed by atoms with Crippen LogP contribution in [0.3, 0.4) is 0 Å². The minimum atomic E-state index is -1.08. The number of nitrogens with zero attached hydrogens (tertiary/aromatic N) is 1. The van der Waals surface area contributed by atoms with Crippen molar-refractivity contribution < 1.29 is 14.7 Å². The quantitative estimate of drug-likeness (QED) is 0.932. The molecule has 0 radical (unpaired) electrons. The van der Waals surface area contributed by atoms with E-state index in [0.717, 1.165) is 11.1 Å². The largest absolute Gasteiger partial charge is 0.480 e. The number of anilines is 1. The van der Waals surface area contributed by atoms with Gasteiger partial charge in [0.1, 0.15) is 11.4 Å². The van der Waals surface area contributed by atoms with E-state index < -0.39 is 18.4 Å². The highest BCUT2D eigenvalue weighted by atomic mass is 35.5. The molecule has 2 rings (SSSR count). The van der Waals surface area contributed by atoms with E-state index in [0.29, 0.717) is 15.6 Å². The molecule has 2 aromatic rings. The van der Waals surface area contributed by atoms with E-state index in [-0.39, 0.29) is 0 Å². The first-order valence-corrected chi connectivity index (χ1v) is 7.50. The highest BCUT2D eigenvalue weighted by molar-refractivity contribution is 7.13. The molecular formula is C15H14ClNO3S. The van der Waals surface area contributed by atoms with Crippen molar-refractivity contribution in [2.45, 2.75) is 13.8 Å². The average Bonchev–Trinajstić information content (AvgIpc) is 2.77. The van der Waals surface area contributed by atoms with E-state index in [9.17, 15) is 9.59 Å². The molecule has 0 aliphatic rings. The molecule has 1 N–H and O–H groups in total. The van der Waals surface area contributed by atoms with E-state index >= 15 is 0 Å². The molecule has 4 nitrogen and oxygen atoms in total. The van der Waals surface area contributed by atoms with E-state index in [1.807, 2.05) is 26.0 Å². The summed E-state index contributed by atoms with van der Waals surface area (Å²) in [5.41, 5.74) is 2.38. The van der Waals surface area contributed by atoms with Crippen molar-refractivity contribution in [2.75, 3.05) is 11.4 Å². The van der Waals surface area contributed by atoms with Crippen molar-refractivity contribution in [2.24, 2.45) is 0 Å². The third kappa shape index (κ3) is 3.43. The molecule has 0 atom stereocenters. The van der Waals surface area contributed by atoms with Crippen LogP contribution in [0, 0.1) is 13.8 Å². The number of aliphatic carboxylic acids is 1. The summed E-state index contributed by atoms with van der Waals surface area (Å²) in [5, 5.41) is 11.2. The Bertz CT molecular complexity index is 679. The fourth-order valence-electron chi connectivity index (χ4n) is 1.84. The summed E-state index contributed by atoms with van der Waals surface area (Å²) < 4.78 is 0. The zero-order chi connectivity index (χ0) is 15.6. The third-order valence-electron chi connectivity index (χ3n) is 2.98. The normalized spacial score (nSPS) is 10.4. The molecule has 0 saturated heterocycles. The van der Waals surface area contributed by atoms with Crippen LogP contribution in [0.15, 0.2) is 29.6 Å². The lowest BCUT2D eigenvalue weighted by Crippen LogP contribution is -2.35. The van der Waals surface area contributed by atoms with Crippen molar-refractivity contribution in [3.05, 3.63) is 50.7 Å². The van der Waals surface area contributed by atoms with Crippen LogP contribution in [-0.2, 0) is 4.79 Å². The predicted molar refractivity (Wildman–Crippen MR) is 84.6 cm³/mol. The number of hydrogen-bond donors (Lipinski definition) is 1. The van der Waals surface area contributed by atoms with Gasteiger partial charge in [0.2, 0.25) is 0 Å². The van der Waals surface area contributed by atoms with Crippen LogP contribution in [0.2, 0.25) is 5.02 Å². The Morgan fingerprint density at radius 1 is 1.24 bits per heavy atom. The Balaban J connectivity index is 2.40. The van der Waals surface area contributed by atoms with Crippen LogP contribution in [0.25, 0.3) is 0 Å². The summed E-state index contributed by atoms with van der Waals surface area (Å²) in [5.74, 6) is -1.47. The molecule has 21 heavy (non-hydrogen) atoms. The third-order valence-corrected chi connectivity index (χ3v) is 4.66. The second-order valence-electron chi connectivity index (χ2n) is 4.68. The number of aryl methyl sites for hydroxylation is 2. The number of carboxylic acid groups (broad SMARTS) is 1. The summed E-state index contributed by atoms with van der Waals surface area (Å²) in [6.45, 7) is 3.32. The summed E-state index contributed by atoms with van der Waals surface area (Å²) in [7, 11) is 0. The fourth-order valence-corrected chi connectivity index (χ4v) is 3.06. The summed E-state index contributed by atoms with van der Waals surface area (Å²) in [4.78, 5) is 25.2. The lowest BCUT2D eigenvalue weighted by atomic mass is 10.2. The van der Waals surface area contributed by atoms with Crippen molar-refractivity contribution in [1.29, 1.82) is 0 Å². The van der Waals surface area contributed by atoms with Gasteiger partial charge in [-0.1, -0.05) is 29.3 Å². The van der Waals surface area contributed by atoms with E-state index in [1.165, 1.54) is 16.2 Å². The number of carboxylic acids is 1. The lowest BCUT2D eigenvalue weighted by molar-refractivity contribution is -0.135. The first-order chi connectivity index (χ1) is 9.90. The van der Waals surface area contributed by atoms with Gasteiger partial charge < -0.3 is 5.11 Å². The van der Waals surface area contributed by atoms with Crippen molar-refractivity contribution in [3.63, 3.8) is 0 Å². The Labute approximate surface area is 131 Å². The lowest BCUT2D eigenvalue weighted by Gasteiger charge is -2.20. The topological polar surface area (TPSA) is 57.6 Å². The summed E-state index contributed by atoms with van der Waals surface area (Å²) in [6, 6.07) is 7.12. The zero-order valence-electron chi connectivity index (χ0n) is 11.6. The molecule has 110 valence electrons. The number of hydrogen-bond acceptors (Lipinski definition) is 3. The number of rotatable bonds is 4. The Morgan fingerprint density at radius 3 is 2.33 bits per heavy atom. The predicted octanol–water partition coefficient (Wildman–Crippen LogP) is 3.75. The second-order valence-corrected chi connectivity index (χ2v) is 5.94. The first kappa shape index (κ1) is 15.5. The molecule has 1 aromatic carbocycles. The van der Waals surface area contributed by atoms with Crippen molar-refractivity contribution in [3.8, 4) is 0 Å². The smallest absolute Gasteiger partial charge is 0.323 e. The van der Waals surface area contributed by atoms with Crippen molar-refractivity contribution >= 4 is 40.5 Å². The molecular weight excluding hydrogens is 310 g/mol. The maximum atomic E-state index is 12.6. The van der Waals surface area contributed by atoms with Crippen LogP contribution in [-0.4, -0.2) is 23.5 Å². The summed E-state index contributed by atoms with van der Waals surface area (Å²) in [6.07, 6.45) is 0. The molecule has 0 fully saturated rings. The SMILES string of the molecule is Cc1ccc(N(CC(=O)O)C(=O)c2scc(C)c2Cl)cc1. The molecule has 0 unspecified atom stereocenters. The zero-order valence-corrected chi connectivity index (χ0v) is 13.2. The van der Waals surface area contributed by atoms with E-state index in [2.05, 4.69) is 0 Å². The molecule has 0 saturated carbocycles. The Morgan fingerprint density at radius 2 is 1.86 bits per heavy atom. The average molecular weight is 324 g/mol. The van der Waals surface area contributed by atoms with Crippen LogP contribution in [0.4, 0.5) is 5.69 Å². The second kappa shape index (κ2) is 6.28. The molecule has 0 aliphatic heterocycles. The number of benzene rings is 1. The maximum absolute atomic E-state index is 12.6. The molecule has 0 aliphatic carbocycles. The number of carbonyl (C=O) groups is 2. The van der Waals surface area contributed by atoms with Gasteiger partial charge in [0, 0.05) is 5.69 Å². The highest BCUT2D eigenvalue weighted by Gasteiger charge is 2.24. The molecule has 6 heteroatoms. The molecule has 1 amide bonds. The number of carbonyl (C=O) groups excluding carboxylic acids is 1. The van der Waals surface area contributed by atoms with E-state index in [4.69, 9.17) is 16.7 Å². The monoisotopic (exact) mass is 323 g/mol. The first-order valence-electron chi connectivity index (χ1n) is 6.24. The Kier molecular flexibility index (Phi) is 4.65. The molecule has 1 heterocycles. The number of amides is 1. The van der Waals surface area contributed by atoms with Crippen molar-refractivity contribution in [1.82, 2.24) is 0 Å². The molecule has 1 aromatic heterocycles. The number of thiophene rings is 1. The molecule has 0 bridgehead atoms. The van der Waals surface area contributed by atoms with Gasteiger partial charge in [-0.3, -0.25) is 14.5 Å². The van der Waals surface area contributed by atoms with Gasteiger partial charge in [-0.05, 0) is 36.9 Å². The minimum Gasteiger partial charge on any atom is -0.480 e. The van der Waals surface area contributed by atoms with Gasteiger partial charge in [-0.25, -0.2) is 0 Å². The Hall–Kier alpha value is -1.85. The van der Waals surface area contributed by atoms with Gasteiger partial charge in [0.25, 0.3) is 5.91 Å². The van der Waals surface area contributed by atoms with Crippen LogP contribution in [0.1, 0.15) is 20.8 Å². The molecule has 0 spiro atoms. The maximum Gasteiger partial charge on any atom is 0.323 e. The fraction of sp³-hybridized carbons (Fsp3) is 0.200. The van der Waals surface area contributed by atoms with Crippen LogP contribution in [0.5, 0.6) is 0 Å². The van der Waals surface area contributed by atoms with Gasteiger partial charge >= 0.3 is 5.97 Å². The van der Waals surface area contributed by atoms with Gasteiger partial charge in [-0.2, -0.15) is 0 Å². The van der Waals surface area contributed by atoms with Crippen LogP contribution < -0.4 is 4.90 Å². The van der Waals surface area contributed by atoms with E-state index in [1.54, 1.807) is 17.5 Å². The summed E-state index contributed by atoms with van der Waals surface area (Å²) >= 11 is 7.33. The highest BCUT2D eigenvalue weighted by Crippen LogP contribution is 2.30. The van der Waals surface area contributed by atoms with Gasteiger partial charge in [0.05, 0.1) is 5.02 Å². The van der Waals surface area contributed by atoms with Gasteiger partial charge in [-0.15, -0.1) is 11.3 Å². The standard InChI is InChI=1S/C15H14ClNO3S/c1-9-3-5-11(6-4-9)17(7-12(18)19)15(20)14-13(16)10(2)8-21-14/h3-6,8H,7H2,1-2H3,(H,18,19). The minimum absolute atomic E-state index is 0.357. The van der Waals surface area contributed by atoms with Crippen LogP contribution >= 0.6 is 22.9 Å². The number of halogens is 1. The van der Waals surface area contributed by atoms with Gasteiger partial charge in [0.15, 0.2) is 0 Å².